The van der Waals surface area contributed by atoms with Crippen LogP contribution in [0.25, 0.3) is 0 Å². The van der Waals surface area contributed by atoms with Crippen LogP contribution in [0.4, 0.5) is 0 Å². The molecule has 0 aromatic carbocycles. The predicted octanol–water partition coefficient (Wildman–Crippen LogP) is 2.44. The van der Waals surface area contributed by atoms with Gasteiger partial charge in [-0.15, -0.1) is 0 Å². The van der Waals surface area contributed by atoms with Gasteiger partial charge in [0.2, 0.25) is 5.76 Å². The molecule has 106 valence electrons. The summed E-state index contributed by atoms with van der Waals surface area (Å²) in [6.07, 6.45) is 1.57. The van der Waals surface area contributed by atoms with Gasteiger partial charge in [-0.2, -0.15) is 0 Å². The van der Waals surface area contributed by atoms with Gasteiger partial charge < -0.3 is 14.3 Å². The summed E-state index contributed by atoms with van der Waals surface area (Å²) in [6.45, 7) is 4.19. The maximum atomic E-state index is 11.7. The van der Waals surface area contributed by atoms with E-state index in [0.29, 0.717) is 19.3 Å². The molecule has 0 spiro atoms. The van der Waals surface area contributed by atoms with Crippen LogP contribution in [0.15, 0.2) is 16.5 Å². The number of esters is 1. The number of furan rings is 1. The molecule has 1 N–H and O–H groups in total. The highest BCUT2D eigenvalue weighted by atomic mass is 16.5. The topological polar surface area (TPSA) is 76.7 Å². The number of hydrogen-bond donors (Lipinski definition) is 1. The quantitative estimate of drug-likeness (QED) is 0.445. The number of hydrogen-bond acceptors (Lipinski definition) is 5. The summed E-state index contributed by atoms with van der Waals surface area (Å²) < 4.78 is 10.1. The van der Waals surface area contributed by atoms with Crippen LogP contribution in [0, 0.1) is 5.92 Å². The van der Waals surface area contributed by atoms with E-state index in [0.717, 1.165) is 0 Å². The molecule has 5 nitrogen and oxygen atoms in total. The molecule has 0 aliphatic heterocycles. The molecular weight excluding hydrogens is 248 g/mol. The van der Waals surface area contributed by atoms with E-state index < -0.39 is 5.97 Å². The van der Waals surface area contributed by atoms with Crippen LogP contribution in [0.2, 0.25) is 0 Å². The molecule has 0 aliphatic carbocycles. The highest BCUT2D eigenvalue weighted by Crippen LogP contribution is 2.14. The van der Waals surface area contributed by atoms with Crippen LogP contribution in [-0.4, -0.2) is 30.1 Å². The normalized spacial score (nSPS) is 10.7. The number of carbonyl (C=O) groups excluding carboxylic acids is 2. The number of unbranched alkanes of at least 4 members (excludes halogenated alkanes) is 1. The van der Waals surface area contributed by atoms with Crippen LogP contribution in [0.3, 0.4) is 0 Å². The Morgan fingerprint density at radius 2 is 1.95 bits per heavy atom. The van der Waals surface area contributed by atoms with Gasteiger partial charge in [0.15, 0.2) is 11.5 Å². The van der Waals surface area contributed by atoms with Crippen molar-refractivity contribution < 1.29 is 23.8 Å². The largest absolute Gasteiger partial charge is 0.460 e. The van der Waals surface area contributed by atoms with E-state index in [9.17, 15) is 9.59 Å². The van der Waals surface area contributed by atoms with E-state index in [1.165, 1.54) is 12.1 Å². The number of aliphatic hydroxyl groups is 1. The van der Waals surface area contributed by atoms with Crippen molar-refractivity contribution in [2.24, 2.45) is 5.92 Å². The van der Waals surface area contributed by atoms with Gasteiger partial charge in [0.25, 0.3) is 0 Å². The van der Waals surface area contributed by atoms with Gasteiger partial charge in [0.05, 0.1) is 6.61 Å². The van der Waals surface area contributed by atoms with Crippen molar-refractivity contribution in [3.63, 3.8) is 0 Å². The number of Topliss-reactive ketones (excluding diaryl/α,β-unsaturated/α-hetero) is 1. The third-order valence-electron chi connectivity index (χ3n) is 2.46. The molecule has 5 heteroatoms. The molecule has 1 aromatic rings. The molecule has 0 radical (unpaired) electrons. The monoisotopic (exact) mass is 268 g/mol. The third kappa shape index (κ3) is 5.26. The number of rotatable bonds is 8. The molecule has 19 heavy (non-hydrogen) atoms. The van der Waals surface area contributed by atoms with Crippen molar-refractivity contribution in [2.75, 3.05) is 13.2 Å². The minimum absolute atomic E-state index is 0.0381. The average Bonchev–Trinajstić information content (AvgIpc) is 2.83. The molecule has 0 fully saturated rings. The molecule has 0 saturated heterocycles. The second-order valence-corrected chi connectivity index (χ2v) is 4.75. The lowest BCUT2D eigenvalue weighted by Crippen LogP contribution is -2.06. The Morgan fingerprint density at radius 3 is 2.58 bits per heavy atom. The van der Waals surface area contributed by atoms with Gasteiger partial charge >= 0.3 is 5.97 Å². The Bertz CT molecular complexity index is 419. The summed E-state index contributed by atoms with van der Waals surface area (Å²) >= 11 is 0. The van der Waals surface area contributed by atoms with Crippen molar-refractivity contribution in [1.82, 2.24) is 0 Å². The summed E-state index contributed by atoms with van der Waals surface area (Å²) in [5.74, 6) is -0.227. The van der Waals surface area contributed by atoms with Gasteiger partial charge in [-0.1, -0.05) is 13.8 Å². The van der Waals surface area contributed by atoms with Gasteiger partial charge in [-0.3, -0.25) is 4.79 Å². The Morgan fingerprint density at radius 1 is 1.26 bits per heavy atom. The molecular formula is C14H20O5. The van der Waals surface area contributed by atoms with E-state index in [-0.39, 0.29) is 36.4 Å². The number of ketones is 1. The molecule has 0 atom stereocenters. The maximum Gasteiger partial charge on any atom is 0.374 e. The van der Waals surface area contributed by atoms with Gasteiger partial charge in [0, 0.05) is 13.0 Å². The minimum Gasteiger partial charge on any atom is -0.460 e. The van der Waals surface area contributed by atoms with E-state index in [2.05, 4.69) is 0 Å². The lowest BCUT2D eigenvalue weighted by molar-refractivity contribution is 0.0455. The molecule has 0 bridgehead atoms. The number of ether oxygens (including phenoxy) is 1. The van der Waals surface area contributed by atoms with Crippen molar-refractivity contribution in [3.05, 3.63) is 23.7 Å². The standard InChI is InChI=1S/C14H20O5/c1-10(2)9-11(16)12-5-6-13(19-12)14(17)18-8-4-3-7-15/h5-6,10,15H,3-4,7-9H2,1-2H3. The first kappa shape index (κ1) is 15.4. The predicted molar refractivity (Wildman–Crippen MR) is 69.1 cm³/mol. The lowest BCUT2D eigenvalue weighted by atomic mass is 10.1. The molecule has 0 saturated carbocycles. The Kier molecular flexibility index (Phi) is 6.29. The summed E-state index contributed by atoms with van der Waals surface area (Å²) in [4.78, 5) is 23.3. The van der Waals surface area contributed by atoms with Crippen molar-refractivity contribution in [2.45, 2.75) is 33.1 Å². The van der Waals surface area contributed by atoms with Crippen molar-refractivity contribution in [1.29, 1.82) is 0 Å². The summed E-state index contributed by atoms with van der Waals surface area (Å²) in [5, 5.41) is 8.59. The zero-order chi connectivity index (χ0) is 14.3. The molecule has 0 aliphatic rings. The van der Waals surface area contributed by atoms with E-state index in [4.69, 9.17) is 14.3 Å². The Balaban J connectivity index is 2.49. The lowest BCUT2D eigenvalue weighted by Gasteiger charge is -2.02. The first-order valence-corrected chi connectivity index (χ1v) is 6.45. The van der Waals surface area contributed by atoms with E-state index >= 15 is 0 Å². The van der Waals surface area contributed by atoms with Crippen LogP contribution in [0.1, 0.15) is 54.2 Å². The smallest absolute Gasteiger partial charge is 0.374 e. The number of aliphatic hydroxyl groups excluding tert-OH is 1. The van der Waals surface area contributed by atoms with E-state index in [1.807, 2.05) is 13.8 Å². The second kappa shape index (κ2) is 7.74. The van der Waals surface area contributed by atoms with Gasteiger partial charge in [-0.25, -0.2) is 4.79 Å². The van der Waals surface area contributed by atoms with Crippen LogP contribution in [-0.2, 0) is 4.74 Å². The van der Waals surface area contributed by atoms with Gasteiger partial charge in [0.1, 0.15) is 0 Å². The highest BCUT2D eigenvalue weighted by Gasteiger charge is 2.17. The SMILES string of the molecule is CC(C)CC(=O)c1ccc(C(=O)OCCCCO)o1. The molecule has 1 heterocycles. The maximum absolute atomic E-state index is 11.7. The third-order valence-corrected chi connectivity index (χ3v) is 2.46. The fraction of sp³-hybridized carbons (Fsp3) is 0.571. The van der Waals surface area contributed by atoms with Crippen molar-refractivity contribution in [3.8, 4) is 0 Å². The molecule has 0 unspecified atom stereocenters. The average molecular weight is 268 g/mol. The first-order chi connectivity index (χ1) is 9.04. The molecule has 0 amide bonds. The van der Waals surface area contributed by atoms with Crippen molar-refractivity contribution >= 4 is 11.8 Å². The Labute approximate surface area is 112 Å². The van der Waals surface area contributed by atoms with E-state index in [1.54, 1.807) is 0 Å². The fourth-order valence-electron chi connectivity index (χ4n) is 1.52. The van der Waals surface area contributed by atoms with Gasteiger partial charge in [-0.05, 0) is 30.9 Å². The summed E-state index contributed by atoms with van der Waals surface area (Å²) in [6, 6.07) is 2.94. The Hall–Kier alpha value is -1.62. The highest BCUT2D eigenvalue weighted by molar-refractivity contribution is 5.95. The summed E-state index contributed by atoms with van der Waals surface area (Å²) in [5.41, 5.74) is 0. The summed E-state index contributed by atoms with van der Waals surface area (Å²) in [7, 11) is 0. The second-order valence-electron chi connectivity index (χ2n) is 4.75. The van der Waals surface area contributed by atoms with Crippen LogP contribution >= 0.6 is 0 Å². The van der Waals surface area contributed by atoms with Crippen LogP contribution < -0.4 is 0 Å². The molecule has 1 aromatic heterocycles. The fourth-order valence-corrected chi connectivity index (χ4v) is 1.52. The first-order valence-electron chi connectivity index (χ1n) is 6.45. The zero-order valence-electron chi connectivity index (χ0n) is 11.3. The molecule has 1 rings (SSSR count). The van der Waals surface area contributed by atoms with Crippen LogP contribution in [0.5, 0.6) is 0 Å². The zero-order valence-corrected chi connectivity index (χ0v) is 11.3. The number of carbonyl (C=O) groups is 2. The minimum atomic E-state index is -0.582.